The first kappa shape index (κ1) is 29.3. The van der Waals surface area contributed by atoms with E-state index in [0.717, 1.165) is 49.0 Å². The summed E-state index contributed by atoms with van der Waals surface area (Å²) >= 11 is 0. The van der Waals surface area contributed by atoms with Crippen LogP contribution in [0, 0.1) is 0 Å². The molecule has 0 aliphatic heterocycles. The molecule has 5 heterocycles. The average molecular weight is 671 g/mol. The zero-order valence-electron chi connectivity index (χ0n) is 27.1. The normalized spacial score (nSPS) is 11.5. The van der Waals surface area contributed by atoms with Crippen molar-refractivity contribution in [3.05, 3.63) is 135 Å². The van der Waals surface area contributed by atoms with E-state index in [1.54, 1.807) is 37.2 Å². The van der Waals surface area contributed by atoms with Crippen LogP contribution in [0.15, 0.2) is 135 Å². The van der Waals surface area contributed by atoms with Crippen LogP contribution in [0.4, 0.5) is 0 Å². The van der Waals surface area contributed by atoms with E-state index in [2.05, 4.69) is 78.4 Å². The van der Waals surface area contributed by atoms with E-state index < -0.39 is 0 Å². The van der Waals surface area contributed by atoms with Crippen molar-refractivity contribution < 1.29 is 0 Å². The van der Waals surface area contributed by atoms with Crippen LogP contribution in [0.2, 0.25) is 0 Å². The van der Waals surface area contributed by atoms with Crippen LogP contribution in [0.25, 0.3) is 101 Å². The van der Waals surface area contributed by atoms with Crippen molar-refractivity contribution >= 4 is 32.3 Å². The van der Waals surface area contributed by atoms with Crippen molar-refractivity contribution in [2.45, 2.75) is 0 Å². The summed E-state index contributed by atoms with van der Waals surface area (Å²) in [4.78, 5) is 54.7. The van der Waals surface area contributed by atoms with Crippen LogP contribution in [0.3, 0.4) is 0 Å². The first-order valence-corrected chi connectivity index (χ1v) is 16.3. The number of hydrogen-bond acceptors (Lipinski definition) is 12. The van der Waals surface area contributed by atoms with E-state index in [9.17, 15) is 0 Å². The molecule has 52 heavy (non-hydrogen) atoms. The molecular formula is C40H22N12. The summed E-state index contributed by atoms with van der Waals surface area (Å²) < 4.78 is 0. The first-order chi connectivity index (χ1) is 25.8. The minimum atomic E-state index is 0.445. The highest BCUT2D eigenvalue weighted by Crippen LogP contribution is 2.42. The van der Waals surface area contributed by atoms with Gasteiger partial charge in [-0.3, -0.25) is 0 Å². The lowest BCUT2D eigenvalue weighted by Crippen LogP contribution is -2.02. The lowest BCUT2D eigenvalue weighted by atomic mass is 9.89. The molecule has 0 aliphatic carbocycles. The maximum Gasteiger partial charge on any atom is 0.167 e. The monoisotopic (exact) mass is 670 g/mol. The van der Waals surface area contributed by atoms with Gasteiger partial charge in [0.05, 0.1) is 16.7 Å². The Balaban J connectivity index is 1.20. The van der Waals surface area contributed by atoms with Crippen molar-refractivity contribution in [3.8, 4) is 68.3 Å². The Bertz CT molecular complexity index is 2580. The molecule has 0 N–H and O–H groups in total. The lowest BCUT2D eigenvalue weighted by Gasteiger charge is -2.16. The highest BCUT2D eigenvalue weighted by Gasteiger charge is 2.20. The van der Waals surface area contributed by atoms with Gasteiger partial charge in [0.2, 0.25) is 0 Å². The summed E-state index contributed by atoms with van der Waals surface area (Å²) in [6.07, 6.45) is 14.6. The highest BCUT2D eigenvalue weighted by atomic mass is 15.1. The van der Waals surface area contributed by atoms with E-state index in [-0.39, 0.29) is 0 Å². The molecule has 0 aliphatic rings. The predicted octanol–water partition coefficient (Wildman–Crippen LogP) is 7.33. The molecule has 0 spiro atoms. The molecule has 12 nitrogen and oxygen atoms in total. The Labute approximate surface area is 294 Å². The molecule has 0 radical (unpaired) electrons. The number of aromatic nitrogens is 12. The summed E-state index contributed by atoms with van der Waals surface area (Å²) in [5.74, 6) is 3.00. The highest BCUT2D eigenvalue weighted by molar-refractivity contribution is 6.27. The van der Waals surface area contributed by atoms with Gasteiger partial charge in [-0.2, -0.15) is 0 Å². The van der Waals surface area contributed by atoms with Gasteiger partial charge in [0, 0.05) is 53.9 Å². The zero-order valence-corrected chi connectivity index (χ0v) is 27.1. The van der Waals surface area contributed by atoms with Crippen molar-refractivity contribution in [1.29, 1.82) is 0 Å². The molecule has 0 unspecified atom stereocenters. The van der Waals surface area contributed by atoms with Crippen LogP contribution in [0.1, 0.15) is 0 Å². The van der Waals surface area contributed by atoms with Gasteiger partial charge in [-0.1, -0.05) is 66.7 Å². The third kappa shape index (κ3) is 5.01. The van der Waals surface area contributed by atoms with E-state index in [1.165, 1.54) is 19.0 Å². The number of benzene rings is 5. The summed E-state index contributed by atoms with van der Waals surface area (Å²) in [5.41, 5.74) is 4.64. The van der Waals surface area contributed by atoms with Gasteiger partial charge in [-0.25, -0.2) is 59.8 Å². The predicted molar refractivity (Wildman–Crippen MR) is 196 cm³/mol. The summed E-state index contributed by atoms with van der Waals surface area (Å²) in [6.45, 7) is 0. The largest absolute Gasteiger partial charge is 0.244 e. The van der Waals surface area contributed by atoms with Gasteiger partial charge >= 0.3 is 0 Å². The van der Waals surface area contributed by atoms with E-state index in [4.69, 9.17) is 29.9 Å². The molecule has 242 valence electrons. The summed E-state index contributed by atoms with van der Waals surface area (Å²) in [5, 5.41) is 6.34. The fourth-order valence-corrected chi connectivity index (χ4v) is 6.53. The number of nitrogens with zero attached hydrogens (tertiary/aromatic N) is 12. The van der Waals surface area contributed by atoms with Crippen LogP contribution in [-0.4, -0.2) is 59.8 Å². The minimum Gasteiger partial charge on any atom is -0.244 e. The second-order valence-corrected chi connectivity index (χ2v) is 12.0. The minimum absolute atomic E-state index is 0.445. The molecule has 0 fully saturated rings. The van der Waals surface area contributed by atoms with E-state index in [1.807, 2.05) is 30.3 Å². The molecule has 5 aromatic carbocycles. The van der Waals surface area contributed by atoms with Crippen LogP contribution >= 0.6 is 0 Å². The molecule has 12 heteroatoms. The average Bonchev–Trinajstić information content (AvgIpc) is 3.23. The SMILES string of the molecule is c1ccc(-c2nc(-c3cncnc3)nc(-c3ccc4ccc5c(-c6nc(-c7cncnc7)nc(-c7cncnc7)n6)ccc6ccc3c4c65)n2)cc1. The van der Waals surface area contributed by atoms with Gasteiger partial charge in [0.25, 0.3) is 0 Å². The molecule has 10 rings (SSSR count). The Morgan fingerprint density at radius 3 is 1.04 bits per heavy atom. The fourth-order valence-electron chi connectivity index (χ4n) is 6.53. The molecule has 0 amide bonds. The Morgan fingerprint density at radius 2 is 0.635 bits per heavy atom. The van der Waals surface area contributed by atoms with Gasteiger partial charge in [-0.15, -0.1) is 0 Å². The van der Waals surface area contributed by atoms with Gasteiger partial charge in [0.1, 0.15) is 19.0 Å². The third-order valence-corrected chi connectivity index (χ3v) is 8.91. The molecular weight excluding hydrogens is 649 g/mol. The topological polar surface area (TPSA) is 155 Å². The Hall–Kier alpha value is -7.60. The zero-order chi connectivity index (χ0) is 34.4. The van der Waals surface area contributed by atoms with Gasteiger partial charge < -0.3 is 0 Å². The molecule has 0 bridgehead atoms. The standard InChI is InChI=1S/C40H22N12/c1-2-4-25(5-3-1)35-47-36(26-14-41-20-42-15-26)50-39(49-35)31-12-8-23-7-11-30-32(13-9-24-6-10-29(31)33(23)34(24)30)40-51-37(27-16-43-21-44-17-27)48-38(52-40)28-18-45-22-46-19-28/h1-22H. The third-order valence-electron chi connectivity index (χ3n) is 8.91. The number of hydrogen-bond donors (Lipinski definition) is 0. The van der Waals surface area contributed by atoms with Crippen LogP contribution in [0.5, 0.6) is 0 Å². The fraction of sp³-hybridized carbons (Fsp3) is 0. The van der Waals surface area contributed by atoms with Crippen molar-refractivity contribution in [2.24, 2.45) is 0 Å². The maximum absolute atomic E-state index is 5.01. The quantitative estimate of drug-likeness (QED) is 0.163. The van der Waals surface area contributed by atoms with Crippen LogP contribution < -0.4 is 0 Å². The second kappa shape index (κ2) is 12.1. The van der Waals surface area contributed by atoms with Crippen molar-refractivity contribution in [2.75, 3.05) is 0 Å². The number of rotatable bonds is 6. The second-order valence-electron chi connectivity index (χ2n) is 12.0. The van der Waals surface area contributed by atoms with E-state index >= 15 is 0 Å². The first-order valence-electron chi connectivity index (χ1n) is 16.3. The van der Waals surface area contributed by atoms with E-state index in [0.29, 0.717) is 51.6 Å². The van der Waals surface area contributed by atoms with Crippen molar-refractivity contribution in [1.82, 2.24) is 59.8 Å². The summed E-state index contributed by atoms with van der Waals surface area (Å²) in [6, 6.07) is 26.8. The Kier molecular flexibility index (Phi) is 6.81. The van der Waals surface area contributed by atoms with Crippen molar-refractivity contribution in [3.63, 3.8) is 0 Å². The Morgan fingerprint density at radius 1 is 0.288 bits per heavy atom. The van der Waals surface area contributed by atoms with Crippen LogP contribution in [-0.2, 0) is 0 Å². The molecule has 10 aromatic rings. The molecule has 0 atom stereocenters. The molecule has 5 aromatic heterocycles. The molecule has 0 saturated carbocycles. The van der Waals surface area contributed by atoms with Gasteiger partial charge in [0.15, 0.2) is 34.9 Å². The smallest absolute Gasteiger partial charge is 0.167 e. The lowest BCUT2D eigenvalue weighted by molar-refractivity contribution is 1.05. The molecule has 0 saturated heterocycles. The maximum atomic E-state index is 5.01. The summed E-state index contributed by atoms with van der Waals surface area (Å²) in [7, 11) is 0. The van der Waals surface area contributed by atoms with Gasteiger partial charge in [-0.05, 0) is 44.5 Å².